The predicted octanol–water partition coefficient (Wildman–Crippen LogP) is 4.04. The molecule has 0 spiro atoms. The van der Waals surface area contributed by atoms with E-state index < -0.39 is 0 Å². The Morgan fingerprint density at radius 1 is 1.27 bits per heavy atom. The molecule has 134 valence electrons. The van der Waals surface area contributed by atoms with Crippen LogP contribution < -0.4 is 15.4 Å². The molecule has 3 amide bonds. The lowest BCUT2D eigenvalue weighted by molar-refractivity contribution is -0.118. The minimum Gasteiger partial charge on any atom is -0.482 e. The summed E-state index contributed by atoms with van der Waals surface area (Å²) in [5.41, 5.74) is 2.28. The van der Waals surface area contributed by atoms with Crippen molar-refractivity contribution in [2.45, 2.75) is 18.9 Å². The Bertz CT molecular complexity index is 871. The van der Waals surface area contributed by atoms with Crippen LogP contribution in [0.25, 0.3) is 0 Å². The zero-order valence-electron chi connectivity index (χ0n) is 14.0. The minimum absolute atomic E-state index is 0.0156. The normalized spacial score (nSPS) is 18.7. The lowest BCUT2D eigenvalue weighted by Gasteiger charge is -2.26. The van der Waals surface area contributed by atoms with Gasteiger partial charge in [-0.05, 0) is 42.7 Å². The molecule has 2 N–H and O–H groups in total. The molecule has 4 rings (SSSR count). The van der Waals surface area contributed by atoms with Gasteiger partial charge in [0.1, 0.15) is 5.75 Å². The average Bonchev–Trinajstić information content (AvgIpc) is 3.12. The Morgan fingerprint density at radius 2 is 2.15 bits per heavy atom. The quantitative estimate of drug-likeness (QED) is 0.836. The number of halogens is 1. The Kier molecular flexibility index (Phi) is 4.42. The lowest BCUT2D eigenvalue weighted by atomic mass is 10.1. The number of urea groups is 1. The number of nitrogens with one attached hydrogen (secondary N) is 2. The third-order valence-corrected chi connectivity index (χ3v) is 4.85. The van der Waals surface area contributed by atoms with Crippen LogP contribution in [0.5, 0.6) is 5.75 Å². The Hall–Kier alpha value is -2.73. The SMILES string of the molecule is O=C1COc2cc(NC(=O)N3CCCC3c3cccc(Cl)c3)ccc2N1. The van der Waals surface area contributed by atoms with Gasteiger partial charge in [0.15, 0.2) is 6.61 Å². The molecule has 2 aliphatic rings. The fourth-order valence-electron chi connectivity index (χ4n) is 3.42. The first-order chi connectivity index (χ1) is 12.6. The third kappa shape index (κ3) is 3.32. The zero-order valence-corrected chi connectivity index (χ0v) is 14.8. The summed E-state index contributed by atoms with van der Waals surface area (Å²) in [6.07, 6.45) is 1.86. The van der Waals surface area contributed by atoms with Crippen LogP contribution >= 0.6 is 11.6 Å². The number of likely N-dealkylation sites (tertiary alicyclic amines) is 1. The molecule has 1 unspecified atom stereocenters. The fraction of sp³-hybridized carbons (Fsp3) is 0.263. The number of amides is 3. The van der Waals surface area contributed by atoms with Crippen molar-refractivity contribution < 1.29 is 14.3 Å². The van der Waals surface area contributed by atoms with Crippen LogP contribution in [0.2, 0.25) is 5.02 Å². The third-order valence-electron chi connectivity index (χ3n) is 4.61. The number of hydrogen-bond donors (Lipinski definition) is 2. The van der Waals surface area contributed by atoms with Gasteiger partial charge in [-0.1, -0.05) is 23.7 Å². The molecular formula is C19H18ClN3O3. The van der Waals surface area contributed by atoms with E-state index in [0.717, 1.165) is 18.4 Å². The number of hydrogen-bond acceptors (Lipinski definition) is 3. The van der Waals surface area contributed by atoms with E-state index in [1.807, 2.05) is 29.2 Å². The first-order valence-electron chi connectivity index (χ1n) is 8.50. The summed E-state index contributed by atoms with van der Waals surface area (Å²) in [5, 5.41) is 6.32. The lowest BCUT2D eigenvalue weighted by Crippen LogP contribution is -2.34. The van der Waals surface area contributed by atoms with E-state index in [9.17, 15) is 9.59 Å². The molecule has 2 aromatic rings. The van der Waals surface area contributed by atoms with E-state index in [1.54, 1.807) is 18.2 Å². The number of benzene rings is 2. The van der Waals surface area contributed by atoms with Gasteiger partial charge in [0.25, 0.3) is 5.91 Å². The van der Waals surface area contributed by atoms with Crippen molar-refractivity contribution in [2.75, 3.05) is 23.8 Å². The molecule has 0 aromatic heterocycles. The van der Waals surface area contributed by atoms with E-state index in [4.69, 9.17) is 16.3 Å². The first-order valence-corrected chi connectivity index (χ1v) is 8.88. The highest BCUT2D eigenvalue weighted by Crippen LogP contribution is 2.34. The van der Waals surface area contributed by atoms with Crippen molar-refractivity contribution in [2.24, 2.45) is 0 Å². The second-order valence-electron chi connectivity index (χ2n) is 6.38. The summed E-state index contributed by atoms with van der Waals surface area (Å²) >= 11 is 6.10. The van der Waals surface area contributed by atoms with E-state index in [2.05, 4.69) is 10.6 Å². The molecule has 2 aliphatic heterocycles. The van der Waals surface area contributed by atoms with Gasteiger partial charge < -0.3 is 20.3 Å². The maximum Gasteiger partial charge on any atom is 0.322 e. The van der Waals surface area contributed by atoms with Gasteiger partial charge in [-0.3, -0.25) is 4.79 Å². The van der Waals surface area contributed by atoms with Gasteiger partial charge in [-0.25, -0.2) is 4.79 Å². The number of nitrogens with zero attached hydrogens (tertiary/aromatic N) is 1. The van der Waals surface area contributed by atoms with Crippen molar-refractivity contribution in [3.05, 3.63) is 53.1 Å². The Morgan fingerprint density at radius 3 is 3.00 bits per heavy atom. The molecule has 1 saturated heterocycles. The molecule has 2 aromatic carbocycles. The van der Waals surface area contributed by atoms with Crippen molar-refractivity contribution >= 4 is 34.9 Å². The van der Waals surface area contributed by atoms with Gasteiger partial charge in [0, 0.05) is 23.3 Å². The maximum atomic E-state index is 12.8. The van der Waals surface area contributed by atoms with E-state index in [-0.39, 0.29) is 24.6 Å². The monoisotopic (exact) mass is 371 g/mol. The van der Waals surface area contributed by atoms with E-state index in [0.29, 0.717) is 28.7 Å². The standard InChI is InChI=1S/C19H18ClN3O3/c20-13-4-1-3-12(9-13)16-5-2-8-23(16)19(25)21-14-6-7-15-17(10-14)26-11-18(24)22-15/h1,3-4,6-7,9-10,16H,2,5,8,11H2,(H,21,25)(H,22,24). The molecule has 0 bridgehead atoms. The fourth-order valence-corrected chi connectivity index (χ4v) is 3.62. The molecule has 7 heteroatoms. The predicted molar refractivity (Wildman–Crippen MR) is 99.7 cm³/mol. The smallest absolute Gasteiger partial charge is 0.322 e. The highest BCUT2D eigenvalue weighted by atomic mass is 35.5. The summed E-state index contributed by atoms with van der Waals surface area (Å²) in [4.78, 5) is 25.9. The van der Waals surface area contributed by atoms with Crippen molar-refractivity contribution in [3.8, 4) is 5.75 Å². The van der Waals surface area contributed by atoms with Crippen molar-refractivity contribution in [1.82, 2.24) is 4.90 Å². The first kappa shape index (κ1) is 16.7. The summed E-state index contributed by atoms with van der Waals surface area (Å²) in [6, 6.07) is 12.7. The summed E-state index contributed by atoms with van der Waals surface area (Å²) in [5.74, 6) is 0.367. The van der Waals surface area contributed by atoms with Crippen LogP contribution in [-0.4, -0.2) is 30.0 Å². The second kappa shape index (κ2) is 6.88. The number of rotatable bonds is 2. The van der Waals surface area contributed by atoms with Crippen LogP contribution in [0.3, 0.4) is 0 Å². The summed E-state index contributed by atoms with van der Waals surface area (Å²) in [6.45, 7) is 0.674. The van der Waals surface area contributed by atoms with Gasteiger partial charge >= 0.3 is 6.03 Å². The topological polar surface area (TPSA) is 70.7 Å². The van der Waals surface area contributed by atoms with Crippen molar-refractivity contribution in [1.29, 1.82) is 0 Å². The molecular weight excluding hydrogens is 354 g/mol. The summed E-state index contributed by atoms with van der Waals surface area (Å²) in [7, 11) is 0. The number of carbonyl (C=O) groups is 2. The number of ether oxygens (including phenoxy) is 1. The average molecular weight is 372 g/mol. The van der Waals surface area contributed by atoms with Crippen LogP contribution in [-0.2, 0) is 4.79 Å². The molecule has 0 aliphatic carbocycles. The Balaban J connectivity index is 1.50. The van der Waals surface area contributed by atoms with Gasteiger partial charge in [0.2, 0.25) is 0 Å². The molecule has 2 heterocycles. The highest BCUT2D eigenvalue weighted by molar-refractivity contribution is 6.30. The number of carbonyl (C=O) groups excluding carboxylic acids is 2. The van der Waals surface area contributed by atoms with E-state index in [1.165, 1.54) is 0 Å². The van der Waals surface area contributed by atoms with Gasteiger partial charge in [-0.15, -0.1) is 0 Å². The summed E-state index contributed by atoms with van der Waals surface area (Å²) < 4.78 is 5.40. The Labute approximate surface area is 156 Å². The molecule has 0 saturated carbocycles. The molecule has 0 radical (unpaired) electrons. The van der Waals surface area contributed by atoms with Crippen LogP contribution in [0.1, 0.15) is 24.4 Å². The van der Waals surface area contributed by atoms with Gasteiger partial charge in [0.05, 0.1) is 11.7 Å². The van der Waals surface area contributed by atoms with Crippen LogP contribution in [0, 0.1) is 0 Å². The molecule has 6 nitrogen and oxygen atoms in total. The second-order valence-corrected chi connectivity index (χ2v) is 6.82. The maximum absolute atomic E-state index is 12.8. The van der Waals surface area contributed by atoms with Crippen LogP contribution in [0.15, 0.2) is 42.5 Å². The zero-order chi connectivity index (χ0) is 18.1. The molecule has 1 atom stereocenters. The highest BCUT2D eigenvalue weighted by Gasteiger charge is 2.30. The largest absolute Gasteiger partial charge is 0.482 e. The number of anilines is 2. The van der Waals surface area contributed by atoms with Crippen LogP contribution in [0.4, 0.5) is 16.2 Å². The van der Waals surface area contributed by atoms with Crippen molar-refractivity contribution in [3.63, 3.8) is 0 Å². The van der Waals surface area contributed by atoms with E-state index >= 15 is 0 Å². The number of fused-ring (bicyclic) bond motifs is 1. The molecule has 1 fully saturated rings. The molecule has 26 heavy (non-hydrogen) atoms. The minimum atomic E-state index is -0.185. The van der Waals surface area contributed by atoms with Gasteiger partial charge in [-0.2, -0.15) is 0 Å².